The van der Waals surface area contributed by atoms with Crippen LogP contribution >= 0.6 is 11.3 Å². The monoisotopic (exact) mass is 669 g/mol. The normalized spacial score (nSPS) is 13.0. The van der Waals surface area contributed by atoms with E-state index in [4.69, 9.17) is 5.73 Å². The van der Waals surface area contributed by atoms with E-state index in [1.165, 1.54) is 16.9 Å². The maximum absolute atomic E-state index is 13.4. The molecule has 2 aromatic carbocycles. The van der Waals surface area contributed by atoms with Crippen LogP contribution in [0.2, 0.25) is 0 Å². The molecule has 2 heterocycles. The lowest BCUT2D eigenvalue weighted by atomic mass is 9.86. The Morgan fingerprint density at radius 1 is 0.771 bits per heavy atom. The van der Waals surface area contributed by atoms with Gasteiger partial charge in [-0.1, -0.05) is 90.1 Å². The van der Waals surface area contributed by atoms with Crippen molar-refractivity contribution in [2.24, 2.45) is 5.73 Å². The molecular weight excluding hydrogens is 627 g/mol. The zero-order valence-electron chi connectivity index (χ0n) is 28.2. The SMILES string of the molecule is CC(C)(C)c1ccc(-c2cnc(-c3ccc(CC(NC(=O)c4ccc(C(C)(C)C)s4)C(=O)NC(CCC(N)=O)C(=O)O)cc3)nc2)cc1. The fraction of sp³-hybridized carbons (Fsp3) is 0.351. The first-order valence-corrected chi connectivity index (χ1v) is 16.6. The number of carboxylic acid groups (broad SMARTS) is 1. The second-order valence-corrected chi connectivity index (χ2v) is 15.0. The number of aromatic nitrogens is 2. The van der Waals surface area contributed by atoms with Gasteiger partial charge in [0, 0.05) is 41.2 Å². The van der Waals surface area contributed by atoms with Crippen molar-refractivity contribution in [2.75, 3.05) is 0 Å². The molecule has 10 nitrogen and oxygen atoms in total. The minimum Gasteiger partial charge on any atom is -0.480 e. The van der Waals surface area contributed by atoms with E-state index in [-0.39, 0.29) is 30.1 Å². The molecule has 11 heteroatoms. The lowest BCUT2D eigenvalue weighted by molar-refractivity contribution is -0.142. The Bertz CT molecular complexity index is 1750. The molecule has 5 N–H and O–H groups in total. The summed E-state index contributed by atoms with van der Waals surface area (Å²) in [5.41, 5.74) is 9.76. The molecule has 0 aliphatic heterocycles. The first-order chi connectivity index (χ1) is 22.5. The van der Waals surface area contributed by atoms with E-state index in [1.807, 2.05) is 51.1 Å². The van der Waals surface area contributed by atoms with Crippen LogP contribution in [0.4, 0.5) is 0 Å². The summed E-state index contributed by atoms with van der Waals surface area (Å²) >= 11 is 1.34. The maximum Gasteiger partial charge on any atom is 0.326 e. The third kappa shape index (κ3) is 9.57. The molecule has 4 rings (SSSR count). The molecule has 252 valence electrons. The Hall–Kier alpha value is -4.90. The van der Waals surface area contributed by atoms with E-state index in [9.17, 15) is 24.3 Å². The summed E-state index contributed by atoms with van der Waals surface area (Å²) in [5.74, 6) is -2.59. The fourth-order valence-corrected chi connectivity index (χ4v) is 5.90. The van der Waals surface area contributed by atoms with Crippen LogP contribution in [0.1, 0.15) is 80.1 Å². The van der Waals surface area contributed by atoms with E-state index >= 15 is 0 Å². The Kier molecular flexibility index (Phi) is 11.2. The first-order valence-electron chi connectivity index (χ1n) is 15.8. The third-order valence-electron chi connectivity index (χ3n) is 7.87. The van der Waals surface area contributed by atoms with E-state index < -0.39 is 35.8 Å². The van der Waals surface area contributed by atoms with E-state index in [1.54, 1.807) is 18.5 Å². The van der Waals surface area contributed by atoms with Crippen molar-refractivity contribution >= 4 is 35.0 Å². The average Bonchev–Trinajstić information content (AvgIpc) is 3.54. The van der Waals surface area contributed by atoms with Gasteiger partial charge in [-0.3, -0.25) is 14.4 Å². The standard InChI is InChI=1S/C37H43N5O5S/c1-36(2,3)26-13-11-23(12-14-26)25-20-39-32(40-21-25)24-9-7-22(8-10-24)19-28(33(44)41-27(35(46)47)15-18-31(38)43)42-34(45)29-16-17-30(48-29)37(4,5)6/h7-14,16-17,20-21,27-28H,15,18-19H2,1-6H3,(H2,38,43)(H,41,44)(H,42,45)(H,46,47). The number of nitrogens with one attached hydrogen (secondary N) is 2. The van der Waals surface area contributed by atoms with Crippen LogP contribution in [0, 0.1) is 0 Å². The molecular formula is C37H43N5O5S. The quantitative estimate of drug-likeness (QED) is 0.152. The minimum absolute atomic E-state index is 0.0632. The molecule has 2 unspecified atom stereocenters. The fourth-order valence-electron chi connectivity index (χ4n) is 4.93. The van der Waals surface area contributed by atoms with Crippen LogP contribution in [-0.2, 0) is 31.6 Å². The Balaban J connectivity index is 1.51. The van der Waals surface area contributed by atoms with Crippen molar-refractivity contribution in [1.82, 2.24) is 20.6 Å². The van der Waals surface area contributed by atoms with Gasteiger partial charge in [-0.25, -0.2) is 14.8 Å². The zero-order valence-corrected chi connectivity index (χ0v) is 29.0. The predicted molar refractivity (Wildman–Crippen MR) is 188 cm³/mol. The number of hydrogen-bond acceptors (Lipinski definition) is 7. The van der Waals surface area contributed by atoms with Gasteiger partial charge >= 0.3 is 5.97 Å². The number of hydrogen-bond donors (Lipinski definition) is 4. The van der Waals surface area contributed by atoms with Gasteiger partial charge < -0.3 is 21.5 Å². The number of carbonyl (C=O) groups is 4. The van der Waals surface area contributed by atoms with Crippen molar-refractivity contribution in [2.45, 2.75) is 83.7 Å². The molecule has 0 spiro atoms. The number of amides is 3. The maximum atomic E-state index is 13.4. The number of thiophene rings is 1. The lowest BCUT2D eigenvalue weighted by Crippen LogP contribution is -2.52. The topological polar surface area (TPSA) is 164 Å². The summed E-state index contributed by atoms with van der Waals surface area (Å²) in [6.45, 7) is 12.7. The molecule has 0 bridgehead atoms. The van der Waals surface area contributed by atoms with Gasteiger partial charge in [0.15, 0.2) is 5.82 Å². The summed E-state index contributed by atoms with van der Waals surface area (Å²) in [5, 5.41) is 14.9. The average molecular weight is 670 g/mol. The van der Waals surface area contributed by atoms with E-state index in [2.05, 4.69) is 65.6 Å². The second kappa shape index (κ2) is 14.9. The van der Waals surface area contributed by atoms with Gasteiger partial charge in [0.2, 0.25) is 11.8 Å². The van der Waals surface area contributed by atoms with Crippen LogP contribution in [0.5, 0.6) is 0 Å². The summed E-state index contributed by atoms with van der Waals surface area (Å²) in [4.78, 5) is 60.4. The molecule has 4 aromatic rings. The smallest absolute Gasteiger partial charge is 0.326 e. The van der Waals surface area contributed by atoms with Gasteiger partial charge in [0.1, 0.15) is 12.1 Å². The molecule has 0 radical (unpaired) electrons. The Labute approximate surface area is 285 Å². The van der Waals surface area contributed by atoms with Crippen molar-refractivity contribution < 1.29 is 24.3 Å². The van der Waals surface area contributed by atoms with E-state index in [0.29, 0.717) is 10.7 Å². The van der Waals surface area contributed by atoms with Crippen LogP contribution in [-0.4, -0.2) is 50.8 Å². The molecule has 0 fully saturated rings. The van der Waals surface area contributed by atoms with Crippen molar-refractivity contribution in [3.05, 3.63) is 93.9 Å². The van der Waals surface area contributed by atoms with Gasteiger partial charge in [0.25, 0.3) is 5.91 Å². The molecule has 0 saturated heterocycles. The van der Waals surface area contributed by atoms with Crippen molar-refractivity contribution in [3.8, 4) is 22.5 Å². The highest BCUT2D eigenvalue weighted by molar-refractivity contribution is 7.14. The number of aliphatic carboxylic acids is 1. The summed E-state index contributed by atoms with van der Waals surface area (Å²) in [7, 11) is 0. The second-order valence-electron chi connectivity index (χ2n) is 13.9. The van der Waals surface area contributed by atoms with Crippen LogP contribution < -0.4 is 16.4 Å². The van der Waals surface area contributed by atoms with Gasteiger partial charge in [0.05, 0.1) is 4.88 Å². The summed E-state index contributed by atoms with van der Waals surface area (Å²) in [6.07, 6.45) is 3.26. The molecule has 0 aliphatic rings. The van der Waals surface area contributed by atoms with Crippen LogP contribution in [0.25, 0.3) is 22.5 Å². The summed E-state index contributed by atoms with van der Waals surface area (Å²) < 4.78 is 0. The molecule has 2 atom stereocenters. The van der Waals surface area contributed by atoms with Gasteiger partial charge in [-0.2, -0.15) is 0 Å². The Morgan fingerprint density at radius 3 is 1.90 bits per heavy atom. The lowest BCUT2D eigenvalue weighted by Gasteiger charge is -2.21. The summed E-state index contributed by atoms with van der Waals surface area (Å²) in [6, 6.07) is 16.8. The van der Waals surface area contributed by atoms with Crippen molar-refractivity contribution in [3.63, 3.8) is 0 Å². The zero-order chi connectivity index (χ0) is 35.2. The third-order valence-corrected chi connectivity index (χ3v) is 9.38. The highest BCUT2D eigenvalue weighted by Gasteiger charge is 2.28. The number of nitrogens with zero attached hydrogens (tertiary/aromatic N) is 2. The molecule has 48 heavy (non-hydrogen) atoms. The number of primary amides is 1. The molecule has 0 aliphatic carbocycles. The largest absolute Gasteiger partial charge is 0.480 e. The van der Waals surface area contributed by atoms with Crippen LogP contribution in [0.3, 0.4) is 0 Å². The molecule has 0 saturated carbocycles. The molecule has 3 amide bonds. The number of nitrogens with two attached hydrogens (primary N) is 1. The first kappa shape index (κ1) is 35.9. The highest BCUT2D eigenvalue weighted by Crippen LogP contribution is 2.30. The number of rotatable bonds is 12. The molecule has 2 aromatic heterocycles. The van der Waals surface area contributed by atoms with Gasteiger partial charge in [-0.05, 0) is 46.1 Å². The highest BCUT2D eigenvalue weighted by atomic mass is 32.1. The minimum atomic E-state index is -1.35. The number of carbonyl (C=O) groups excluding carboxylic acids is 3. The predicted octanol–water partition coefficient (Wildman–Crippen LogP) is 5.64. The number of carboxylic acids is 1. The Morgan fingerprint density at radius 2 is 1.38 bits per heavy atom. The van der Waals surface area contributed by atoms with Crippen LogP contribution in [0.15, 0.2) is 73.1 Å². The number of benzene rings is 2. The van der Waals surface area contributed by atoms with Crippen molar-refractivity contribution in [1.29, 1.82) is 0 Å². The van der Waals surface area contributed by atoms with Gasteiger partial charge in [-0.15, -0.1) is 11.3 Å². The van der Waals surface area contributed by atoms with E-state index in [0.717, 1.165) is 27.1 Å².